The summed E-state index contributed by atoms with van der Waals surface area (Å²) in [6, 6.07) is 10.2. The Bertz CT molecular complexity index is 391. The third kappa shape index (κ3) is 1.68. The maximum absolute atomic E-state index is 12.6. The zero-order valence-electron chi connectivity index (χ0n) is 10.4. The Hall–Kier alpha value is -1.11. The molecular formula is C15H20O. The highest BCUT2D eigenvalue weighted by Gasteiger charge is 2.46. The predicted molar refractivity (Wildman–Crippen MR) is 66.4 cm³/mol. The van der Waals surface area contributed by atoms with E-state index in [2.05, 4.69) is 32.9 Å². The second-order valence-corrected chi connectivity index (χ2v) is 5.76. The first kappa shape index (κ1) is 11.4. The summed E-state index contributed by atoms with van der Waals surface area (Å²) in [5.41, 5.74) is 0.735. The maximum Gasteiger partial charge on any atom is 0.148 e. The van der Waals surface area contributed by atoms with Crippen LogP contribution in [0.3, 0.4) is 0 Å². The van der Waals surface area contributed by atoms with Crippen LogP contribution < -0.4 is 0 Å². The van der Waals surface area contributed by atoms with Crippen molar-refractivity contribution in [3.05, 3.63) is 35.9 Å². The summed E-state index contributed by atoms with van der Waals surface area (Å²) in [6.45, 7) is 6.26. The summed E-state index contributed by atoms with van der Waals surface area (Å²) in [4.78, 5) is 12.6. The number of carbonyl (C=O) groups is 1. The van der Waals surface area contributed by atoms with Crippen LogP contribution in [-0.4, -0.2) is 5.78 Å². The first-order chi connectivity index (χ1) is 7.47. The van der Waals surface area contributed by atoms with E-state index in [0.717, 1.165) is 19.3 Å². The van der Waals surface area contributed by atoms with Crippen LogP contribution in [0.5, 0.6) is 0 Å². The summed E-state index contributed by atoms with van der Waals surface area (Å²) in [6.07, 6.45) is 3.15. The third-order valence-electron chi connectivity index (χ3n) is 4.01. The molecule has 1 aromatic rings. The van der Waals surface area contributed by atoms with Crippen LogP contribution in [-0.2, 0) is 10.2 Å². The van der Waals surface area contributed by atoms with Gasteiger partial charge in [0.15, 0.2) is 0 Å². The third-order valence-corrected chi connectivity index (χ3v) is 4.01. The smallest absolute Gasteiger partial charge is 0.148 e. The standard InChI is InChI=1S/C15H20O/c1-14(2)10-7-11-15(3,13(14)16)12-8-5-4-6-9-12/h4-6,8-9H,7,10-11H2,1-3H3. The molecule has 0 amide bonds. The minimum absolute atomic E-state index is 0.164. The van der Waals surface area contributed by atoms with E-state index in [9.17, 15) is 4.79 Å². The van der Waals surface area contributed by atoms with Gasteiger partial charge in [0, 0.05) is 5.41 Å². The van der Waals surface area contributed by atoms with Gasteiger partial charge >= 0.3 is 0 Å². The first-order valence-corrected chi connectivity index (χ1v) is 6.07. The SMILES string of the molecule is CC1(C)CCCC(C)(c2ccccc2)C1=O. The molecule has 0 radical (unpaired) electrons. The Morgan fingerprint density at radius 3 is 2.25 bits per heavy atom. The molecule has 0 aromatic heterocycles. The summed E-state index contributed by atoms with van der Waals surface area (Å²) >= 11 is 0. The highest BCUT2D eigenvalue weighted by Crippen LogP contribution is 2.44. The lowest BCUT2D eigenvalue weighted by atomic mass is 9.61. The molecule has 0 saturated heterocycles. The second kappa shape index (κ2) is 3.73. The Labute approximate surface area is 97.9 Å². The monoisotopic (exact) mass is 216 g/mol. The average molecular weight is 216 g/mol. The van der Waals surface area contributed by atoms with Gasteiger partial charge in [0.1, 0.15) is 5.78 Å². The molecule has 0 bridgehead atoms. The van der Waals surface area contributed by atoms with Gasteiger partial charge in [0.2, 0.25) is 0 Å². The molecule has 1 heteroatoms. The van der Waals surface area contributed by atoms with E-state index < -0.39 is 0 Å². The summed E-state index contributed by atoms with van der Waals surface area (Å²) in [7, 11) is 0. The van der Waals surface area contributed by atoms with Crippen molar-refractivity contribution in [2.45, 2.75) is 45.4 Å². The van der Waals surface area contributed by atoms with Gasteiger partial charge in [-0.2, -0.15) is 0 Å². The molecule has 0 spiro atoms. The lowest BCUT2D eigenvalue weighted by Gasteiger charge is -2.41. The highest BCUT2D eigenvalue weighted by molar-refractivity contribution is 5.94. The Kier molecular flexibility index (Phi) is 2.65. The van der Waals surface area contributed by atoms with Gasteiger partial charge in [0.05, 0.1) is 5.41 Å². The van der Waals surface area contributed by atoms with Crippen LogP contribution in [0.1, 0.15) is 45.6 Å². The largest absolute Gasteiger partial charge is 0.298 e. The van der Waals surface area contributed by atoms with E-state index in [1.807, 2.05) is 18.2 Å². The van der Waals surface area contributed by atoms with Gasteiger partial charge in [-0.15, -0.1) is 0 Å². The number of ketones is 1. The minimum Gasteiger partial charge on any atom is -0.298 e. The first-order valence-electron chi connectivity index (χ1n) is 6.07. The summed E-state index contributed by atoms with van der Waals surface area (Å²) in [5.74, 6) is 0.400. The molecule has 1 aromatic carbocycles. The van der Waals surface area contributed by atoms with Crippen molar-refractivity contribution < 1.29 is 4.79 Å². The quantitative estimate of drug-likeness (QED) is 0.699. The molecule has 1 saturated carbocycles. The van der Waals surface area contributed by atoms with Gasteiger partial charge in [-0.05, 0) is 25.3 Å². The molecule has 16 heavy (non-hydrogen) atoms. The van der Waals surface area contributed by atoms with E-state index >= 15 is 0 Å². The van der Waals surface area contributed by atoms with Gasteiger partial charge in [0.25, 0.3) is 0 Å². The van der Waals surface area contributed by atoms with Crippen LogP contribution >= 0.6 is 0 Å². The molecule has 1 aliphatic carbocycles. The van der Waals surface area contributed by atoms with Crippen LogP contribution in [0.4, 0.5) is 0 Å². The van der Waals surface area contributed by atoms with E-state index in [1.165, 1.54) is 5.56 Å². The molecule has 1 unspecified atom stereocenters. The van der Waals surface area contributed by atoms with Crippen LogP contribution in [0.2, 0.25) is 0 Å². The van der Waals surface area contributed by atoms with Crippen molar-refractivity contribution >= 4 is 5.78 Å². The lowest BCUT2D eigenvalue weighted by Crippen LogP contribution is -2.45. The average Bonchev–Trinajstić information content (AvgIpc) is 2.27. The molecule has 0 N–H and O–H groups in total. The molecule has 0 aliphatic heterocycles. The summed E-state index contributed by atoms with van der Waals surface area (Å²) < 4.78 is 0. The Balaban J connectivity index is 2.42. The number of rotatable bonds is 1. The Morgan fingerprint density at radius 2 is 1.62 bits per heavy atom. The molecule has 0 heterocycles. The normalized spacial score (nSPS) is 29.1. The number of hydrogen-bond donors (Lipinski definition) is 0. The number of hydrogen-bond acceptors (Lipinski definition) is 1. The topological polar surface area (TPSA) is 17.1 Å². The number of carbonyl (C=O) groups excluding carboxylic acids is 1. The molecule has 86 valence electrons. The van der Waals surface area contributed by atoms with Crippen molar-refractivity contribution in [3.8, 4) is 0 Å². The van der Waals surface area contributed by atoms with Crippen molar-refractivity contribution in [1.82, 2.24) is 0 Å². The van der Waals surface area contributed by atoms with E-state index in [0.29, 0.717) is 5.78 Å². The van der Waals surface area contributed by atoms with Crippen molar-refractivity contribution in [2.75, 3.05) is 0 Å². The molecule has 2 rings (SSSR count). The molecule has 1 nitrogen and oxygen atoms in total. The molecule has 1 aliphatic rings. The van der Waals surface area contributed by atoms with Crippen LogP contribution in [0.25, 0.3) is 0 Å². The predicted octanol–water partition coefficient (Wildman–Crippen LogP) is 3.72. The van der Waals surface area contributed by atoms with E-state index in [4.69, 9.17) is 0 Å². The fraction of sp³-hybridized carbons (Fsp3) is 0.533. The van der Waals surface area contributed by atoms with E-state index in [-0.39, 0.29) is 10.8 Å². The van der Waals surface area contributed by atoms with Crippen molar-refractivity contribution in [3.63, 3.8) is 0 Å². The second-order valence-electron chi connectivity index (χ2n) is 5.76. The van der Waals surface area contributed by atoms with Gasteiger partial charge in [-0.3, -0.25) is 4.79 Å². The highest BCUT2D eigenvalue weighted by atomic mass is 16.1. The van der Waals surface area contributed by atoms with E-state index in [1.54, 1.807) is 0 Å². The fourth-order valence-electron chi connectivity index (χ4n) is 2.94. The van der Waals surface area contributed by atoms with Crippen LogP contribution in [0, 0.1) is 5.41 Å². The number of benzene rings is 1. The molecular weight excluding hydrogens is 196 g/mol. The number of Topliss-reactive ketones (excluding diaryl/α,β-unsaturated/α-hetero) is 1. The molecule has 1 atom stereocenters. The lowest BCUT2D eigenvalue weighted by molar-refractivity contribution is -0.135. The Morgan fingerprint density at radius 1 is 1.00 bits per heavy atom. The van der Waals surface area contributed by atoms with Gasteiger partial charge < -0.3 is 0 Å². The van der Waals surface area contributed by atoms with Crippen molar-refractivity contribution in [2.24, 2.45) is 5.41 Å². The van der Waals surface area contributed by atoms with Crippen LogP contribution in [0.15, 0.2) is 30.3 Å². The van der Waals surface area contributed by atoms with Crippen molar-refractivity contribution in [1.29, 1.82) is 0 Å². The van der Waals surface area contributed by atoms with Gasteiger partial charge in [-0.25, -0.2) is 0 Å². The zero-order valence-corrected chi connectivity index (χ0v) is 10.4. The summed E-state index contributed by atoms with van der Waals surface area (Å²) in [5, 5.41) is 0. The fourth-order valence-corrected chi connectivity index (χ4v) is 2.94. The zero-order chi connectivity index (χ0) is 11.8. The minimum atomic E-state index is -0.275. The molecule has 1 fully saturated rings. The maximum atomic E-state index is 12.6. The van der Waals surface area contributed by atoms with Gasteiger partial charge in [-0.1, -0.05) is 50.6 Å².